The molecule has 12 heteroatoms. The molecule has 2 rings (SSSR count). The van der Waals surface area contributed by atoms with Gasteiger partial charge in [-0.1, -0.05) is 23.7 Å². The van der Waals surface area contributed by atoms with Gasteiger partial charge >= 0.3 is 18.1 Å². The summed E-state index contributed by atoms with van der Waals surface area (Å²) in [5, 5.41) is 9.69. The molecule has 0 aliphatic heterocycles. The summed E-state index contributed by atoms with van der Waals surface area (Å²) in [7, 11) is 0. The van der Waals surface area contributed by atoms with Gasteiger partial charge in [0, 0.05) is 5.02 Å². The Morgan fingerprint density at radius 1 is 1.17 bits per heavy atom. The van der Waals surface area contributed by atoms with Crippen LogP contribution >= 0.6 is 27.5 Å². The Hall–Kier alpha value is -2.58. The number of benzene rings is 1. The molecule has 0 saturated carbocycles. The number of hydrogen-bond acceptors (Lipinski definition) is 5. The molecule has 1 aromatic carbocycles. The van der Waals surface area contributed by atoms with Crippen LogP contribution in [-0.2, 0) is 32.0 Å². The zero-order valence-corrected chi connectivity index (χ0v) is 16.6. The van der Waals surface area contributed by atoms with Crippen LogP contribution in [-0.4, -0.2) is 29.8 Å². The third-order valence-corrected chi connectivity index (χ3v) is 4.53. The van der Waals surface area contributed by atoms with Crippen LogP contribution in [0.4, 0.5) is 17.6 Å². The molecule has 0 fully saturated rings. The van der Waals surface area contributed by atoms with Crippen LogP contribution in [0.1, 0.15) is 11.3 Å². The van der Waals surface area contributed by atoms with Crippen LogP contribution in [0.15, 0.2) is 28.7 Å². The van der Waals surface area contributed by atoms with Gasteiger partial charge in [-0.2, -0.15) is 18.4 Å². The van der Waals surface area contributed by atoms with Gasteiger partial charge in [-0.05, 0) is 33.6 Å². The lowest BCUT2D eigenvalue weighted by Gasteiger charge is -2.15. The van der Waals surface area contributed by atoms with E-state index in [1.54, 1.807) is 6.07 Å². The number of esters is 2. The summed E-state index contributed by atoms with van der Waals surface area (Å²) in [6, 6.07) is 7.22. The highest BCUT2D eigenvalue weighted by Gasteiger charge is 2.41. The molecule has 0 aliphatic rings. The predicted octanol–water partition coefficient (Wildman–Crippen LogP) is 4.47. The molecule has 0 N–H and O–H groups in total. The fraction of sp³-hybridized carbons (Fsp3) is 0.235. The van der Waals surface area contributed by atoms with E-state index in [9.17, 15) is 32.4 Å². The van der Waals surface area contributed by atoms with E-state index < -0.39 is 48.3 Å². The van der Waals surface area contributed by atoms with Crippen molar-refractivity contribution in [1.29, 1.82) is 5.26 Å². The summed E-state index contributed by atoms with van der Waals surface area (Å²) in [6.45, 7) is -2.81. The lowest BCUT2D eigenvalue weighted by Crippen LogP contribution is -2.24. The lowest BCUT2D eigenvalue weighted by molar-refractivity contribution is -0.171. The molecule has 0 atom stereocenters. The molecule has 0 aliphatic carbocycles. The summed E-state index contributed by atoms with van der Waals surface area (Å²) < 4.78 is 61.6. The Kier molecular flexibility index (Phi) is 7.26. The second kappa shape index (κ2) is 9.28. The van der Waals surface area contributed by atoms with Crippen LogP contribution in [0, 0.1) is 11.3 Å². The van der Waals surface area contributed by atoms with Crippen molar-refractivity contribution in [1.82, 2.24) is 4.57 Å². The number of nitriles is 1. The minimum Gasteiger partial charge on any atom is -0.454 e. The van der Waals surface area contributed by atoms with E-state index in [0.29, 0.717) is 9.59 Å². The molecular formula is C17H10BrClF4N2O4. The number of hydrogen-bond donors (Lipinski definition) is 0. The van der Waals surface area contributed by atoms with E-state index in [2.05, 4.69) is 25.4 Å². The Bertz CT molecular complexity index is 968. The molecule has 154 valence electrons. The molecule has 0 radical (unpaired) electrons. The van der Waals surface area contributed by atoms with Gasteiger partial charge < -0.3 is 14.0 Å². The molecular weight excluding hydrogens is 488 g/mol. The second-order valence-corrected chi connectivity index (χ2v) is 6.55. The van der Waals surface area contributed by atoms with Crippen molar-refractivity contribution >= 4 is 39.5 Å². The van der Waals surface area contributed by atoms with Crippen molar-refractivity contribution in [3.05, 3.63) is 45.0 Å². The molecule has 1 heterocycles. The number of carbonyl (C=O) groups excluding carboxylic acids is 2. The zero-order valence-electron chi connectivity index (χ0n) is 14.2. The SMILES string of the molecule is N#Cc1c(Br)c(C(F)(F)F)n(COC(=O)C(=O)OCCF)c1-c1ccc(Cl)cc1. The highest BCUT2D eigenvalue weighted by Crippen LogP contribution is 2.43. The highest BCUT2D eigenvalue weighted by molar-refractivity contribution is 9.10. The first-order valence-electron chi connectivity index (χ1n) is 7.66. The normalized spacial score (nSPS) is 11.1. The molecule has 0 bridgehead atoms. The van der Waals surface area contributed by atoms with E-state index in [-0.39, 0.29) is 16.8 Å². The van der Waals surface area contributed by atoms with Crippen molar-refractivity contribution in [2.45, 2.75) is 12.9 Å². The first-order valence-corrected chi connectivity index (χ1v) is 8.84. The van der Waals surface area contributed by atoms with Gasteiger partial charge in [-0.3, -0.25) is 0 Å². The molecule has 2 aromatic rings. The number of ether oxygens (including phenoxy) is 2. The van der Waals surface area contributed by atoms with Crippen LogP contribution < -0.4 is 0 Å². The smallest absolute Gasteiger partial charge is 0.432 e. The Labute approximate surface area is 174 Å². The van der Waals surface area contributed by atoms with Crippen molar-refractivity contribution in [2.75, 3.05) is 13.3 Å². The fourth-order valence-corrected chi connectivity index (χ4v) is 3.22. The standard InChI is InChI=1S/C17H10BrClF4N2O4/c18-12-11(7-24)13(9-1-3-10(19)4-2-9)25(14(12)17(21,22)23)8-29-16(27)15(26)28-6-5-20/h1-4H,5-6,8H2. The third-order valence-electron chi connectivity index (χ3n) is 3.50. The maximum absolute atomic E-state index is 13.6. The number of carbonyl (C=O) groups is 2. The van der Waals surface area contributed by atoms with Gasteiger partial charge in [0.05, 0.1) is 15.7 Å². The van der Waals surface area contributed by atoms with Gasteiger partial charge in [0.25, 0.3) is 0 Å². The molecule has 0 spiro atoms. The van der Waals surface area contributed by atoms with Crippen molar-refractivity contribution in [2.24, 2.45) is 0 Å². The Morgan fingerprint density at radius 3 is 2.28 bits per heavy atom. The third kappa shape index (κ3) is 5.07. The molecule has 0 saturated heterocycles. The van der Waals surface area contributed by atoms with Crippen LogP contribution in [0.2, 0.25) is 5.02 Å². The first-order chi connectivity index (χ1) is 13.6. The number of alkyl halides is 4. The van der Waals surface area contributed by atoms with Gasteiger partial charge in [-0.15, -0.1) is 0 Å². The minimum atomic E-state index is -4.93. The summed E-state index contributed by atoms with van der Waals surface area (Å²) in [6.07, 6.45) is -4.93. The van der Waals surface area contributed by atoms with Crippen molar-refractivity contribution in [3.63, 3.8) is 0 Å². The average molecular weight is 498 g/mol. The predicted molar refractivity (Wildman–Crippen MR) is 95.3 cm³/mol. The van der Waals surface area contributed by atoms with E-state index in [4.69, 9.17) is 11.6 Å². The van der Waals surface area contributed by atoms with Crippen molar-refractivity contribution in [3.8, 4) is 17.3 Å². The average Bonchev–Trinajstić information content (AvgIpc) is 2.96. The minimum absolute atomic E-state index is 0.179. The van der Waals surface area contributed by atoms with Gasteiger partial charge in [-0.25, -0.2) is 14.0 Å². The summed E-state index contributed by atoms with van der Waals surface area (Å²) >= 11 is 8.56. The number of halogens is 6. The van der Waals surface area contributed by atoms with E-state index in [1.165, 1.54) is 24.3 Å². The first kappa shape index (κ1) is 22.7. The topological polar surface area (TPSA) is 81.3 Å². The summed E-state index contributed by atoms with van der Waals surface area (Å²) in [5.74, 6) is -3.17. The molecule has 0 amide bonds. The van der Waals surface area contributed by atoms with E-state index in [0.717, 1.165) is 0 Å². The van der Waals surface area contributed by atoms with Crippen LogP contribution in [0.5, 0.6) is 0 Å². The fourth-order valence-electron chi connectivity index (χ4n) is 2.38. The second-order valence-electron chi connectivity index (χ2n) is 5.32. The maximum atomic E-state index is 13.6. The number of aromatic nitrogens is 1. The number of nitrogens with zero attached hydrogens (tertiary/aromatic N) is 2. The zero-order chi connectivity index (χ0) is 21.8. The largest absolute Gasteiger partial charge is 0.454 e. The van der Waals surface area contributed by atoms with Crippen LogP contribution in [0.3, 0.4) is 0 Å². The van der Waals surface area contributed by atoms with Gasteiger partial charge in [0.1, 0.15) is 25.0 Å². The summed E-state index contributed by atoms with van der Waals surface area (Å²) in [5.41, 5.74) is -1.70. The van der Waals surface area contributed by atoms with Gasteiger partial charge in [0.2, 0.25) is 0 Å². The van der Waals surface area contributed by atoms with E-state index in [1.807, 2.05) is 0 Å². The van der Waals surface area contributed by atoms with E-state index >= 15 is 0 Å². The lowest BCUT2D eigenvalue weighted by atomic mass is 10.1. The summed E-state index contributed by atoms with van der Waals surface area (Å²) in [4.78, 5) is 23.0. The monoisotopic (exact) mass is 496 g/mol. The molecule has 1 aromatic heterocycles. The molecule has 0 unspecified atom stereocenters. The molecule has 6 nitrogen and oxygen atoms in total. The Morgan fingerprint density at radius 2 is 1.76 bits per heavy atom. The maximum Gasteiger partial charge on any atom is 0.432 e. The van der Waals surface area contributed by atoms with Crippen molar-refractivity contribution < 1.29 is 36.6 Å². The molecule has 29 heavy (non-hydrogen) atoms. The Balaban J connectivity index is 2.53. The highest BCUT2D eigenvalue weighted by atomic mass is 79.9. The number of rotatable bonds is 5. The quantitative estimate of drug-likeness (QED) is 0.346. The van der Waals surface area contributed by atoms with Gasteiger partial charge in [0.15, 0.2) is 6.73 Å². The van der Waals surface area contributed by atoms with Crippen LogP contribution in [0.25, 0.3) is 11.3 Å².